The SMILES string of the molecule is COCCNCc1c(F)cccc1Sc1cccc(Cl)c1. The fourth-order valence-electron chi connectivity index (χ4n) is 1.85. The highest BCUT2D eigenvalue weighted by molar-refractivity contribution is 7.99. The van der Waals surface area contributed by atoms with Gasteiger partial charge in [-0.15, -0.1) is 0 Å². The Morgan fingerprint density at radius 1 is 1.24 bits per heavy atom. The van der Waals surface area contributed by atoms with E-state index in [0.717, 1.165) is 9.79 Å². The van der Waals surface area contributed by atoms with E-state index in [-0.39, 0.29) is 5.82 Å². The summed E-state index contributed by atoms with van der Waals surface area (Å²) in [4.78, 5) is 1.88. The molecule has 2 nitrogen and oxygen atoms in total. The average Bonchev–Trinajstić information content (AvgIpc) is 2.46. The molecule has 0 aliphatic heterocycles. The molecular formula is C16H17ClFNOS. The third-order valence-electron chi connectivity index (χ3n) is 2.88. The Morgan fingerprint density at radius 3 is 2.81 bits per heavy atom. The quantitative estimate of drug-likeness (QED) is 0.764. The Bertz CT molecular complexity index is 594. The van der Waals surface area contributed by atoms with Crippen LogP contribution in [0.5, 0.6) is 0 Å². The van der Waals surface area contributed by atoms with E-state index in [9.17, 15) is 4.39 Å². The molecule has 2 aromatic rings. The summed E-state index contributed by atoms with van der Waals surface area (Å²) in [6, 6.07) is 12.7. The first-order valence-electron chi connectivity index (χ1n) is 6.61. The summed E-state index contributed by atoms with van der Waals surface area (Å²) >= 11 is 7.50. The monoisotopic (exact) mass is 325 g/mol. The number of ether oxygens (including phenoxy) is 1. The third kappa shape index (κ3) is 5.00. The summed E-state index contributed by atoms with van der Waals surface area (Å²) in [6.07, 6.45) is 0. The van der Waals surface area contributed by atoms with Gasteiger partial charge in [-0.1, -0.05) is 35.5 Å². The van der Waals surface area contributed by atoms with Gasteiger partial charge in [0.1, 0.15) is 5.82 Å². The predicted molar refractivity (Wildman–Crippen MR) is 85.6 cm³/mol. The topological polar surface area (TPSA) is 21.3 Å². The van der Waals surface area contributed by atoms with Crippen LogP contribution in [0.4, 0.5) is 4.39 Å². The molecule has 5 heteroatoms. The maximum absolute atomic E-state index is 14.0. The number of nitrogens with one attached hydrogen (secondary N) is 1. The van der Waals surface area contributed by atoms with Crippen LogP contribution in [-0.4, -0.2) is 20.3 Å². The molecular weight excluding hydrogens is 309 g/mol. The van der Waals surface area contributed by atoms with Gasteiger partial charge in [-0.25, -0.2) is 4.39 Å². The Balaban J connectivity index is 2.13. The lowest BCUT2D eigenvalue weighted by molar-refractivity contribution is 0.199. The van der Waals surface area contributed by atoms with Crippen molar-refractivity contribution < 1.29 is 9.13 Å². The predicted octanol–water partition coefficient (Wildman–Crippen LogP) is 4.37. The van der Waals surface area contributed by atoms with Crippen LogP contribution in [0.1, 0.15) is 5.56 Å². The molecule has 0 aromatic heterocycles. The third-order valence-corrected chi connectivity index (χ3v) is 4.21. The molecule has 0 fully saturated rings. The van der Waals surface area contributed by atoms with Gasteiger partial charge in [-0.3, -0.25) is 0 Å². The first kappa shape index (κ1) is 16.3. The van der Waals surface area contributed by atoms with E-state index in [0.29, 0.717) is 30.3 Å². The van der Waals surface area contributed by atoms with Crippen LogP contribution >= 0.6 is 23.4 Å². The number of hydrogen-bond donors (Lipinski definition) is 1. The van der Waals surface area contributed by atoms with E-state index >= 15 is 0 Å². The van der Waals surface area contributed by atoms with Gasteiger partial charge in [0.25, 0.3) is 0 Å². The molecule has 0 radical (unpaired) electrons. The maximum Gasteiger partial charge on any atom is 0.128 e. The minimum atomic E-state index is -0.202. The lowest BCUT2D eigenvalue weighted by atomic mass is 10.2. The van der Waals surface area contributed by atoms with E-state index in [1.807, 2.05) is 30.3 Å². The standard InChI is InChI=1S/C16H17ClFNOS/c1-20-9-8-19-11-14-15(18)6-3-7-16(14)21-13-5-2-4-12(17)10-13/h2-7,10,19H,8-9,11H2,1H3. The average molecular weight is 326 g/mol. The molecule has 0 amide bonds. The van der Waals surface area contributed by atoms with Crippen LogP contribution < -0.4 is 5.32 Å². The van der Waals surface area contributed by atoms with Gasteiger partial charge >= 0.3 is 0 Å². The number of methoxy groups -OCH3 is 1. The van der Waals surface area contributed by atoms with Gasteiger partial charge in [-0.2, -0.15) is 0 Å². The van der Waals surface area contributed by atoms with Gasteiger partial charge in [0.2, 0.25) is 0 Å². The maximum atomic E-state index is 14.0. The zero-order valence-electron chi connectivity index (χ0n) is 11.7. The molecule has 0 aliphatic carbocycles. The van der Waals surface area contributed by atoms with Crippen molar-refractivity contribution in [2.75, 3.05) is 20.3 Å². The summed E-state index contributed by atoms with van der Waals surface area (Å²) in [6.45, 7) is 1.76. The highest BCUT2D eigenvalue weighted by atomic mass is 35.5. The van der Waals surface area contributed by atoms with Gasteiger partial charge in [-0.05, 0) is 30.3 Å². The van der Waals surface area contributed by atoms with Crippen molar-refractivity contribution in [1.82, 2.24) is 5.32 Å². The lowest BCUT2D eigenvalue weighted by Crippen LogP contribution is -2.19. The fourth-order valence-corrected chi connectivity index (χ4v) is 3.13. The molecule has 0 spiro atoms. The van der Waals surface area contributed by atoms with Crippen LogP contribution in [0, 0.1) is 5.82 Å². The summed E-state index contributed by atoms with van der Waals surface area (Å²) in [7, 11) is 1.64. The van der Waals surface area contributed by atoms with Crippen LogP contribution in [-0.2, 0) is 11.3 Å². The molecule has 2 rings (SSSR count). The minimum Gasteiger partial charge on any atom is -0.383 e. The molecule has 0 bridgehead atoms. The second-order valence-electron chi connectivity index (χ2n) is 4.45. The molecule has 0 aliphatic rings. The van der Waals surface area contributed by atoms with Crippen LogP contribution in [0.3, 0.4) is 0 Å². The molecule has 0 unspecified atom stereocenters. The molecule has 1 N–H and O–H groups in total. The van der Waals surface area contributed by atoms with Gasteiger partial charge in [0.15, 0.2) is 0 Å². The molecule has 0 atom stereocenters. The van der Waals surface area contributed by atoms with E-state index < -0.39 is 0 Å². The summed E-state index contributed by atoms with van der Waals surface area (Å²) in [5.74, 6) is -0.202. The van der Waals surface area contributed by atoms with E-state index in [1.165, 1.54) is 17.8 Å². The number of rotatable bonds is 7. The summed E-state index contributed by atoms with van der Waals surface area (Å²) < 4.78 is 19.0. The van der Waals surface area contributed by atoms with Crippen molar-refractivity contribution >= 4 is 23.4 Å². The smallest absolute Gasteiger partial charge is 0.128 e. The number of halogens is 2. The van der Waals surface area contributed by atoms with Crippen molar-refractivity contribution in [3.8, 4) is 0 Å². The molecule has 2 aromatic carbocycles. The van der Waals surface area contributed by atoms with Crippen LogP contribution in [0.15, 0.2) is 52.3 Å². The Morgan fingerprint density at radius 2 is 2.05 bits per heavy atom. The zero-order valence-corrected chi connectivity index (χ0v) is 13.3. The van der Waals surface area contributed by atoms with E-state index in [2.05, 4.69) is 5.32 Å². The molecule has 112 valence electrons. The molecule has 0 saturated carbocycles. The molecule has 0 saturated heterocycles. The Labute approximate surface area is 133 Å². The second kappa shape index (κ2) is 8.39. The first-order valence-corrected chi connectivity index (χ1v) is 7.80. The van der Waals surface area contributed by atoms with E-state index in [4.69, 9.17) is 16.3 Å². The summed E-state index contributed by atoms with van der Waals surface area (Å²) in [5.41, 5.74) is 0.665. The van der Waals surface area contributed by atoms with Crippen molar-refractivity contribution in [2.45, 2.75) is 16.3 Å². The largest absolute Gasteiger partial charge is 0.383 e. The summed E-state index contributed by atoms with van der Waals surface area (Å²) in [5, 5.41) is 3.85. The normalized spacial score (nSPS) is 10.8. The van der Waals surface area contributed by atoms with Crippen molar-refractivity contribution in [3.05, 3.63) is 58.9 Å². The van der Waals surface area contributed by atoms with E-state index in [1.54, 1.807) is 13.2 Å². The number of benzene rings is 2. The Hall–Kier alpha value is -1.07. The van der Waals surface area contributed by atoms with Gasteiger partial charge < -0.3 is 10.1 Å². The van der Waals surface area contributed by atoms with Gasteiger partial charge in [0.05, 0.1) is 6.61 Å². The highest BCUT2D eigenvalue weighted by Gasteiger charge is 2.09. The second-order valence-corrected chi connectivity index (χ2v) is 6.00. The van der Waals surface area contributed by atoms with Crippen molar-refractivity contribution in [3.63, 3.8) is 0 Å². The van der Waals surface area contributed by atoms with Crippen molar-refractivity contribution in [2.24, 2.45) is 0 Å². The fraction of sp³-hybridized carbons (Fsp3) is 0.250. The molecule has 21 heavy (non-hydrogen) atoms. The Kier molecular flexibility index (Phi) is 6.51. The zero-order chi connectivity index (χ0) is 15.1. The first-order chi connectivity index (χ1) is 10.2. The lowest BCUT2D eigenvalue weighted by Gasteiger charge is -2.11. The number of hydrogen-bond acceptors (Lipinski definition) is 3. The highest BCUT2D eigenvalue weighted by Crippen LogP contribution is 2.32. The van der Waals surface area contributed by atoms with Crippen molar-refractivity contribution in [1.29, 1.82) is 0 Å². The molecule has 0 heterocycles. The van der Waals surface area contributed by atoms with Gasteiger partial charge in [0, 0.05) is 40.6 Å². The van der Waals surface area contributed by atoms with Crippen LogP contribution in [0.2, 0.25) is 5.02 Å². The minimum absolute atomic E-state index is 0.202. The van der Waals surface area contributed by atoms with Crippen LogP contribution in [0.25, 0.3) is 0 Å².